The molecule has 4 nitrogen and oxygen atoms in total. The van der Waals surface area contributed by atoms with Gasteiger partial charge in [0.25, 0.3) is 0 Å². The SMILES string of the molecule is CC(CCC(=O)O)C1CCC2C3C(O)CC4CCCC(I)C4(C)C3CC(O)C12C. The second kappa shape index (κ2) is 7.91. The highest BCUT2D eigenvalue weighted by Crippen LogP contribution is 2.69. The van der Waals surface area contributed by atoms with Crippen LogP contribution in [-0.4, -0.2) is 37.4 Å². The number of carbonyl (C=O) groups is 1. The summed E-state index contributed by atoms with van der Waals surface area (Å²) in [4.78, 5) is 11.1. The quantitative estimate of drug-likeness (QED) is 0.366. The third-order valence-corrected chi connectivity index (χ3v) is 12.3. The lowest BCUT2D eigenvalue weighted by atomic mass is 9.43. The minimum Gasteiger partial charge on any atom is -0.481 e. The van der Waals surface area contributed by atoms with Crippen LogP contribution < -0.4 is 0 Å². The van der Waals surface area contributed by atoms with Gasteiger partial charge >= 0.3 is 5.97 Å². The Kier molecular flexibility index (Phi) is 6.09. The van der Waals surface area contributed by atoms with E-state index in [1.165, 1.54) is 19.3 Å². The Labute approximate surface area is 189 Å². The standard InChI is InChI=1S/C24H39IO4/c1-13(7-10-21(28)29)15-8-9-16-22-17(12-20(27)24(15,16)3)23(2)14(11-18(22)26)5-4-6-19(23)25/h13-20,22,26-27H,4-12H2,1-3H3,(H,28,29). The molecule has 0 bridgehead atoms. The Morgan fingerprint density at radius 1 is 1.07 bits per heavy atom. The molecule has 0 radical (unpaired) electrons. The molecule has 0 aromatic rings. The lowest BCUT2D eigenvalue weighted by Gasteiger charge is -2.64. The summed E-state index contributed by atoms with van der Waals surface area (Å²) in [6, 6.07) is 0. The summed E-state index contributed by atoms with van der Waals surface area (Å²) in [6.07, 6.45) is 7.92. The molecular weight excluding hydrogens is 479 g/mol. The van der Waals surface area contributed by atoms with Gasteiger partial charge in [-0.3, -0.25) is 4.79 Å². The van der Waals surface area contributed by atoms with E-state index in [1.54, 1.807) is 0 Å². The molecule has 4 rings (SSSR count). The van der Waals surface area contributed by atoms with Gasteiger partial charge in [0.2, 0.25) is 0 Å². The molecule has 4 aliphatic rings. The summed E-state index contributed by atoms with van der Waals surface area (Å²) in [7, 11) is 0. The van der Waals surface area contributed by atoms with Crippen molar-refractivity contribution in [2.24, 2.45) is 46.3 Å². The predicted octanol–water partition coefficient (Wildman–Crippen LogP) is 4.89. The Bertz CT molecular complexity index is 640. The number of rotatable bonds is 4. The van der Waals surface area contributed by atoms with Crippen molar-refractivity contribution < 1.29 is 20.1 Å². The van der Waals surface area contributed by atoms with Crippen molar-refractivity contribution in [3.63, 3.8) is 0 Å². The fraction of sp³-hybridized carbons (Fsp3) is 0.958. The molecule has 0 amide bonds. The average Bonchev–Trinajstić information content (AvgIpc) is 3.01. The second-order valence-electron chi connectivity index (χ2n) is 11.3. The molecule has 11 atom stereocenters. The Morgan fingerprint density at radius 2 is 1.79 bits per heavy atom. The first-order valence-corrected chi connectivity index (χ1v) is 13.1. The Morgan fingerprint density at radius 3 is 2.48 bits per heavy atom. The zero-order valence-electron chi connectivity index (χ0n) is 18.2. The highest BCUT2D eigenvalue weighted by atomic mass is 127. The van der Waals surface area contributed by atoms with Crippen molar-refractivity contribution in [1.29, 1.82) is 0 Å². The molecule has 0 spiro atoms. The van der Waals surface area contributed by atoms with E-state index in [0.717, 1.165) is 25.7 Å². The summed E-state index contributed by atoms with van der Waals surface area (Å²) >= 11 is 2.67. The maximum Gasteiger partial charge on any atom is 0.303 e. The summed E-state index contributed by atoms with van der Waals surface area (Å²) in [5, 5.41) is 32.0. The summed E-state index contributed by atoms with van der Waals surface area (Å²) in [6.45, 7) is 6.91. The molecule has 0 heterocycles. The molecule has 11 unspecified atom stereocenters. The molecule has 3 N–H and O–H groups in total. The van der Waals surface area contributed by atoms with E-state index < -0.39 is 5.97 Å². The van der Waals surface area contributed by atoms with Crippen LogP contribution in [0.3, 0.4) is 0 Å². The van der Waals surface area contributed by atoms with E-state index >= 15 is 0 Å². The van der Waals surface area contributed by atoms with Gasteiger partial charge in [-0.25, -0.2) is 0 Å². The van der Waals surface area contributed by atoms with Crippen LogP contribution in [-0.2, 0) is 4.79 Å². The normalized spacial score (nSPS) is 52.9. The molecular formula is C24H39IO4. The topological polar surface area (TPSA) is 77.8 Å². The highest BCUT2D eigenvalue weighted by Gasteiger charge is 2.66. The largest absolute Gasteiger partial charge is 0.481 e. The third kappa shape index (κ3) is 3.31. The minimum atomic E-state index is -0.729. The maximum absolute atomic E-state index is 11.6. The van der Waals surface area contributed by atoms with E-state index in [9.17, 15) is 15.0 Å². The van der Waals surface area contributed by atoms with Gasteiger partial charge in [0.1, 0.15) is 0 Å². The molecule has 5 heteroatoms. The van der Waals surface area contributed by atoms with Gasteiger partial charge in [0, 0.05) is 10.3 Å². The second-order valence-corrected chi connectivity index (χ2v) is 12.8. The first-order valence-electron chi connectivity index (χ1n) is 11.8. The molecule has 0 aromatic carbocycles. The summed E-state index contributed by atoms with van der Waals surface area (Å²) < 4.78 is 0.627. The van der Waals surface area contributed by atoms with Crippen molar-refractivity contribution in [3.8, 4) is 0 Å². The number of aliphatic hydroxyl groups excluding tert-OH is 2. The van der Waals surface area contributed by atoms with Crippen molar-refractivity contribution in [3.05, 3.63) is 0 Å². The predicted molar refractivity (Wildman–Crippen MR) is 122 cm³/mol. The van der Waals surface area contributed by atoms with E-state index in [-0.39, 0.29) is 35.4 Å². The number of halogens is 1. The van der Waals surface area contributed by atoms with Crippen LogP contribution in [0, 0.1) is 46.3 Å². The first kappa shape index (κ1) is 22.3. The van der Waals surface area contributed by atoms with Crippen LogP contribution in [0.15, 0.2) is 0 Å². The van der Waals surface area contributed by atoms with Gasteiger partial charge in [-0.1, -0.05) is 49.8 Å². The van der Waals surface area contributed by atoms with Crippen molar-refractivity contribution in [2.75, 3.05) is 0 Å². The monoisotopic (exact) mass is 518 g/mol. The molecule has 166 valence electrons. The number of alkyl halides is 1. The zero-order valence-corrected chi connectivity index (χ0v) is 20.3. The fourth-order valence-corrected chi connectivity index (χ4v) is 10.1. The number of hydrogen-bond donors (Lipinski definition) is 3. The first-order chi connectivity index (χ1) is 13.6. The van der Waals surface area contributed by atoms with E-state index in [2.05, 4.69) is 43.4 Å². The zero-order chi connectivity index (χ0) is 21.1. The van der Waals surface area contributed by atoms with Gasteiger partial charge in [-0.05, 0) is 91.3 Å². The Balaban J connectivity index is 1.64. The molecule has 4 fully saturated rings. The number of fused-ring (bicyclic) bond motifs is 5. The summed E-state index contributed by atoms with van der Waals surface area (Å²) in [5.74, 6) is 1.54. The molecule has 0 aromatic heterocycles. The van der Waals surface area contributed by atoms with E-state index in [0.29, 0.717) is 39.9 Å². The molecule has 29 heavy (non-hydrogen) atoms. The van der Waals surface area contributed by atoms with Gasteiger partial charge < -0.3 is 15.3 Å². The minimum absolute atomic E-state index is 0.196. The van der Waals surface area contributed by atoms with Crippen molar-refractivity contribution in [2.45, 2.75) is 94.7 Å². The number of carboxylic acids is 1. The molecule has 0 aliphatic heterocycles. The third-order valence-electron chi connectivity index (χ3n) is 10.3. The summed E-state index contributed by atoms with van der Waals surface area (Å²) in [5.41, 5.74) is 0.0245. The lowest BCUT2D eigenvalue weighted by Crippen LogP contribution is -2.63. The molecule has 0 saturated heterocycles. The lowest BCUT2D eigenvalue weighted by molar-refractivity contribution is -0.198. The number of hydrogen-bond acceptors (Lipinski definition) is 3. The average molecular weight is 518 g/mol. The van der Waals surface area contributed by atoms with Gasteiger partial charge in [0.15, 0.2) is 0 Å². The number of aliphatic hydroxyl groups is 2. The number of carboxylic acid groups (broad SMARTS) is 1. The molecule has 4 aliphatic carbocycles. The van der Waals surface area contributed by atoms with Crippen LogP contribution in [0.5, 0.6) is 0 Å². The van der Waals surface area contributed by atoms with E-state index in [1.807, 2.05) is 0 Å². The molecule has 4 saturated carbocycles. The van der Waals surface area contributed by atoms with E-state index in [4.69, 9.17) is 5.11 Å². The van der Waals surface area contributed by atoms with Crippen LogP contribution >= 0.6 is 22.6 Å². The van der Waals surface area contributed by atoms with Crippen LogP contribution in [0.25, 0.3) is 0 Å². The maximum atomic E-state index is 11.6. The number of aliphatic carboxylic acids is 1. The fourth-order valence-electron chi connectivity index (χ4n) is 8.72. The van der Waals surface area contributed by atoms with Gasteiger partial charge in [-0.15, -0.1) is 0 Å². The van der Waals surface area contributed by atoms with Crippen molar-refractivity contribution in [1.82, 2.24) is 0 Å². The van der Waals surface area contributed by atoms with Gasteiger partial charge in [-0.2, -0.15) is 0 Å². The van der Waals surface area contributed by atoms with Crippen molar-refractivity contribution >= 4 is 28.6 Å². The highest BCUT2D eigenvalue weighted by molar-refractivity contribution is 14.1. The van der Waals surface area contributed by atoms with Gasteiger partial charge in [0.05, 0.1) is 12.2 Å². The Hall–Kier alpha value is 0.120. The van der Waals surface area contributed by atoms with Crippen LogP contribution in [0.4, 0.5) is 0 Å². The van der Waals surface area contributed by atoms with Crippen LogP contribution in [0.1, 0.15) is 78.6 Å². The smallest absolute Gasteiger partial charge is 0.303 e. The van der Waals surface area contributed by atoms with Crippen LogP contribution in [0.2, 0.25) is 0 Å².